The monoisotopic (exact) mass is 359 g/mol. The fourth-order valence-corrected chi connectivity index (χ4v) is 4.92. The van der Waals surface area contributed by atoms with Gasteiger partial charge >= 0.3 is 0 Å². The maximum Gasteiger partial charge on any atom is 0.161 e. The molecule has 1 N–H and O–H groups in total. The third kappa shape index (κ3) is 3.68. The predicted octanol–water partition coefficient (Wildman–Crippen LogP) is 3.41. The third-order valence-corrected chi connectivity index (χ3v) is 6.23. The third-order valence-electron chi connectivity index (χ3n) is 5.49. The first kappa shape index (κ1) is 16.9. The van der Waals surface area contributed by atoms with E-state index in [4.69, 9.17) is 9.47 Å². The Balaban J connectivity index is 1.40. The van der Waals surface area contributed by atoms with Crippen molar-refractivity contribution in [1.29, 1.82) is 0 Å². The number of aliphatic hydroxyl groups is 1. The number of hydrogen-bond donors (Lipinski definition) is 1. The fourth-order valence-electron chi connectivity index (χ4n) is 4.26. The number of likely N-dealkylation sites (tertiary alicyclic amines) is 1. The van der Waals surface area contributed by atoms with E-state index in [0.717, 1.165) is 44.0 Å². The zero-order valence-corrected chi connectivity index (χ0v) is 15.3. The van der Waals surface area contributed by atoms with Crippen LogP contribution >= 0.6 is 11.3 Å². The highest BCUT2D eigenvalue weighted by Crippen LogP contribution is 2.39. The van der Waals surface area contributed by atoms with Gasteiger partial charge in [-0.05, 0) is 59.2 Å². The van der Waals surface area contributed by atoms with E-state index < -0.39 is 6.10 Å². The smallest absolute Gasteiger partial charge is 0.161 e. The minimum Gasteiger partial charge on any atom is -0.493 e. The maximum atomic E-state index is 10.6. The van der Waals surface area contributed by atoms with Gasteiger partial charge in [-0.2, -0.15) is 11.3 Å². The number of aliphatic hydroxyl groups excluding tert-OH is 1. The molecular weight excluding hydrogens is 334 g/mol. The highest BCUT2D eigenvalue weighted by Gasteiger charge is 2.42. The van der Waals surface area contributed by atoms with Crippen LogP contribution in [0.3, 0.4) is 0 Å². The molecule has 1 saturated heterocycles. The van der Waals surface area contributed by atoms with Crippen LogP contribution in [0.4, 0.5) is 0 Å². The molecule has 2 fully saturated rings. The average molecular weight is 359 g/mol. The lowest BCUT2D eigenvalue weighted by Gasteiger charge is -2.35. The molecule has 0 bridgehead atoms. The summed E-state index contributed by atoms with van der Waals surface area (Å²) in [5.74, 6) is 2.62. The van der Waals surface area contributed by atoms with Gasteiger partial charge in [0.1, 0.15) is 6.10 Å². The summed E-state index contributed by atoms with van der Waals surface area (Å²) in [4.78, 5) is 2.52. The zero-order chi connectivity index (χ0) is 17.2. The number of ether oxygens (including phenoxy) is 2. The van der Waals surface area contributed by atoms with Gasteiger partial charge in [0.25, 0.3) is 0 Å². The van der Waals surface area contributed by atoms with E-state index in [1.807, 2.05) is 24.3 Å². The van der Waals surface area contributed by atoms with Crippen molar-refractivity contribution in [2.75, 3.05) is 20.2 Å². The van der Waals surface area contributed by atoms with Gasteiger partial charge in [-0.3, -0.25) is 4.90 Å². The summed E-state index contributed by atoms with van der Waals surface area (Å²) in [5, 5.41) is 15.0. The van der Waals surface area contributed by atoms with Gasteiger partial charge in [0, 0.05) is 19.6 Å². The second-order valence-corrected chi connectivity index (χ2v) is 7.97. The topological polar surface area (TPSA) is 41.9 Å². The molecule has 0 spiro atoms. The Bertz CT molecular complexity index is 690. The van der Waals surface area contributed by atoms with Crippen molar-refractivity contribution in [3.63, 3.8) is 0 Å². The summed E-state index contributed by atoms with van der Waals surface area (Å²) in [6.07, 6.45) is 1.17. The summed E-state index contributed by atoms with van der Waals surface area (Å²) in [6.45, 7) is 3.20. The summed E-state index contributed by atoms with van der Waals surface area (Å²) in [7, 11) is 1.65. The molecular formula is C20H25NO3S. The number of methoxy groups -OCH3 is 1. The van der Waals surface area contributed by atoms with Crippen LogP contribution in [0, 0.1) is 11.8 Å². The van der Waals surface area contributed by atoms with Crippen LogP contribution in [0.15, 0.2) is 41.1 Å². The van der Waals surface area contributed by atoms with E-state index >= 15 is 0 Å². The molecule has 5 heteroatoms. The summed E-state index contributed by atoms with van der Waals surface area (Å²) < 4.78 is 11.5. The largest absolute Gasteiger partial charge is 0.493 e. The van der Waals surface area contributed by atoms with Crippen molar-refractivity contribution in [2.24, 2.45) is 11.8 Å². The quantitative estimate of drug-likeness (QED) is 0.888. The fraction of sp³-hybridized carbons (Fsp3) is 0.500. The van der Waals surface area contributed by atoms with Crippen LogP contribution in [0.2, 0.25) is 0 Å². The molecule has 1 aliphatic carbocycles. The first-order chi connectivity index (χ1) is 12.2. The second kappa shape index (κ2) is 7.36. The van der Waals surface area contributed by atoms with Crippen molar-refractivity contribution < 1.29 is 14.6 Å². The molecule has 1 aromatic heterocycles. The van der Waals surface area contributed by atoms with Crippen molar-refractivity contribution in [3.8, 4) is 11.5 Å². The number of thiophene rings is 1. The summed E-state index contributed by atoms with van der Waals surface area (Å²) in [6, 6.07) is 9.88. The summed E-state index contributed by atoms with van der Waals surface area (Å²) >= 11 is 1.76. The number of para-hydroxylation sites is 2. The van der Waals surface area contributed by atoms with Gasteiger partial charge in [0.2, 0.25) is 0 Å². The number of hydrogen-bond acceptors (Lipinski definition) is 5. The van der Waals surface area contributed by atoms with Gasteiger partial charge in [0.15, 0.2) is 11.5 Å². The molecule has 2 heterocycles. The Hall–Kier alpha value is -1.56. The first-order valence-electron chi connectivity index (χ1n) is 8.94. The van der Waals surface area contributed by atoms with Crippen molar-refractivity contribution in [2.45, 2.75) is 31.6 Å². The predicted molar refractivity (Wildman–Crippen MR) is 99.2 cm³/mol. The molecule has 2 aliphatic rings. The van der Waals surface area contributed by atoms with E-state index in [0.29, 0.717) is 11.8 Å². The van der Waals surface area contributed by atoms with E-state index in [2.05, 4.69) is 21.7 Å². The molecule has 25 heavy (non-hydrogen) atoms. The number of fused-ring (bicyclic) bond motifs is 1. The van der Waals surface area contributed by atoms with Crippen molar-refractivity contribution in [1.82, 2.24) is 4.90 Å². The lowest BCUT2D eigenvalue weighted by atomic mass is 9.78. The van der Waals surface area contributed by atoms with Crippen molar-refractivity contribution >= 4 is 11.3 Å². The Morgan fingerprint density at radius 3 is 2.60 bits per heavy atom. The summed E-state index contributed by atoms with van der Waals surface area (Å²) in [5.41, 5.74) is 1.39. The molecule has 1 saturated carbocycles. The van der Waals surface area contributed by atoms with Crippen LogP contribution in [0.1, 0.15) is 18.4 Å². The molecule has 2 aromatic rings. The standard InChI is InChI=1S/C20H25NO3S/c1-23-18-4-2-3-5-19(18)24-20-9-16-12-21(10-14-6-7-25-13-14)11-15(16)8-17(20)22/h2-7,13,15-17,20,22H,8-12H2,1H3/t15-,16+,17+,20+/m0/s1. The molecule has 0 radical (unpaired) electrons. The van der Waals surface area contributed by atoms with Gasteiger partial charge in [-0.15, -0.1) is 0 Å². The zero-order valence-electron chi connectivity index (χ0n) is 14.5. The van der Waals surface area contributed by atoms with Gasteiger partial charge in [-0.1, -0.05) is 12.1 Å². The Morgan fingerprint density at radius 2 is 1.88 bits per heavy atom. The molecule has 4 rings (SSSR count). The van der Waals surface area contributed by atoms with E-state index in [1.54, 1.807) is 18.4 Å². The lowest BCUT2D eigenvalue weighted by Crippen LogP contribution is -2.42. The molecule has 134 valence electrons. The Morgan fingerprint density at radius 1 is 1.12 bits per heavy atom. The van der Waals surface area contributed by atoms with Crippen LogP contribution in [0.5, 0.6) is 11.5 Å². The number of benzene rings is 1. The highest BCUT2D eigenvalue weighted by atomic mass is 32.1. The van der Waals surface area contributed by atoms with Crippen LogP contribution < -0.4 is 9.47 Å². The SMILES string of the molecule is COc1ccccc1O[C@@H]1C[C@@H]2CN(Cc3ccsc3)C[C@@H]2C[C@H]1O. The van der Waals surface area contributed by atoms with Crippen LogP contribution in [-0.4, -0.2) is 42.4 Å². The molecule has 0 unspecified atom stereocenters. The van der Waals surface area contributed by atoms with Crippen molar-refractivity contribution in [3.05, 3.63) is 46.7 Å². The molecule has 1 aliphatic heterocycles. The van der Waals surface area contributed by atoms with Crippen LogP contribution in [0.25, 0.3) is 0 Å². The molecule has 4 nitrogen and oxygen atoms in total. The molecule has 1 aromatic carbocycles. The van der Waals surface area contributed by atoms with E-state index in [1.165, 1.54) is 5.56 Å². The highest BCUT2D eigenvalue weighted by molar-refractivity contribution is 7.07. The minimum absolute atomic E-state index is 0.154. The first-order valence-corrected chi connectivity index (χ1v) is 9.88. The van der Waals surface area contributed by atoms with E-state index in [9.17, 15) is 5.11 Å². The number of nitrogens with zero attached hydrogens (tertiary/aromatic N) is 1. The molecule has 0 amide bonds. The van der Waals surface area contributed by atoms with Gasteiger partial charge in [0.05, 0.1) is 13.2 Å². The van der Waals surface area contributed by atoms with E-state index in [-0.39, 0.29) is 6.10 Å². The Labute approximate surface area is 153 Å². The van der Waals surface area contributed by atoms with Crippen LogP contribution in [-0.2, 0) is 6.54 Å². The molecule has 4 atom stereocenters. The Kier molecular flexibility index (Phi) is 4.97. The number of rotatable bonds is 5. The normalized spacial score (nSPS) is 29.4. The average Bonchev–Trinajstić information content (AvgIpc) is 3.25. The van der Waals surface area contributed by atoms with Gasteiger partial charge < -0.3 is 14.6 Å². The second-order valence-electron chi connectivity index (χ2n) is 7.19. The minimum atomic E-state index is -0.410. The maximum absolute atomic E-state index is 10.6. The lowest BCUT2D eigenvalue weighted by molar-refractivity contribution is -0.0240. The van der Waals surface area contributed by atoms with Gasteiger partial charge in [-0.25, -0.2) is 0 Å².